The van der Waals surface area contributed by atoms with Gasteiger partial charge in [-0.05, 0) is 36.6 Å². The number of amides is 2. The van der Waals surface area contributed by atoms with Crippen LogP contribution in [0.2, 0.25) is 0 Å². The van der Waals surface area contributed by atoms with Crippen LogP contribution in [-0.2, 0) is 14.9 Å². The number of benzene rings is 3. The molecule has 3 aromatic rings. The summed E-state index contributed by atoms with van der Waals surface area (Å²) in [6.07, 6.45) is 0.272. The number of rotatable bonds is 5. The molecule has 0 saturated carbocycles. The molecule has 0 unspecified atom stereocenters. The number of aryl methyl sites for hydroxylation is 1. The van der Waals surface area contributed by atoms with E-state index in [2.05, 4.69) is 5.32 Å². The van der Waals surface area contributed by atoms with Crippen molar-refractivity contribution in [2.24, 2.45) is 0 Å². The first kappa shape index (κ1) is 17.6. The lowest BCUT2D eigenvalue weighted by Gasteiger charge is -2.12. The van der Waals surface area contributed by atoms with Crippen LogP contribution in [0.15, 0.2) is 65.6 Å². The molecule has 0 atom stereocenters. The average molecular weight is 369 g/mol. The first-order chi connectivity index (χ1) is 12.4. The van der Waals surface area contributed by atoms with Crippen molar-refractivity contribution in [2.75, 3.05) is 0 Å². The topological polar surface area (TPSA) is 89.5 Å². The van der Waals surface area contributed by atoms with Gasteiger partial charge in [-0.2, -0.15) is 8.42 Å². The summed E-state index contributed by atoms with van der Waals surface area (Å²) in [7, 11) is -4.08. The van der Waals surface area contributed by atoms with E-state index in [9.17, 15) is 18.0 Å². The minimum atomic E-state index is -4.08. The lowest BCUT2D eigenvalue weighted by Crippen LogP contribution is -2.21. The molecule has 1 N–H and O–H groups in total. The van der Waals surface area contributed by atoms with E-state index in [1.54, 1.807) is 36.4 Å². The van der Waals surface area contributed by atoms with Crippen LogP contribution in [0.5, 0.6) is 5.75 Å². The average Bonchev–Trinajstić information content (AvgIpc) is 2.62. The molecule has 0 aliphatic heterocycles. The second-order valence-electron chi connectivity index (χ2n) is 5.60. The van der Waals surface area contributed by atoms with Gasteiger partial charge in [-0.25, -0.2) is 0 Å². The molecule has 6 nitrogen and oxygen atoms in total. The van der Waals surface area contributed by atoms with Crippen molar-refractivity contribution in [2.45, 2.75) is 11.8 Å². The minimum absolute atomic E-state index is 0.00919. The third kappa shape index (κ3) is 3.43. The quantitative estimate of drug-likeness (QED) is 0.552. The monoisotopic (exact) mass is 369 g/mol. The summed E-state index contributed by atoms with van der Waals surface area (Å²) in [5.41, 5.74) is 1.06. The summed E-state index contributed by atoms with van der Waals surface area (Å²) < 4.78 is 30.5. The molecule has 3 rings (SSSR count). The maximum absolute atomic E-state index is 12.6. The minimum Gasteiger partial charge on any atom is -0.378 e. The van der Waals surface area contributed by atoms with Crippen LogP contribution in [0.1, 0.15) is 15.9 Å². The van der Waals surface area contributed by atoms with Crippen molar-refractivity contribution < 1.29 is 22.2 Å². The number of hydrogen-bond donors (Lipinski definition) is 1. The van der Waals surface area contributed by atoms with Gasteiger partial charge in [0.1, 0.15) is 4.90 Å². The Labute approximate surface area is 150 Å². The van der Waals surface area contributed by atoms with Gasteiger partial charge in [0.25, 0.3) is 5.91 Å². The molecule has 0 fully saturated rings. The molecule has 26 heavy (non-hydrogen) atoms. The number of carbonyl (C=O) groups is 2. The predicted octanol–water partition coefficient (Wildman–Crippen LogP) is 2.80. The first-order valence-electron chi connectivity index (χ1n) is 7.70. The van der Waals surface area contributed by atoms with Gasteiger partial charge in [0, 0.05) is 5.39 Å². The number of fused-ring (bicyclic) bond motifs is 1. The highest BCUT2D eigenvalue weighted by Gasteiger charge is 2.20. The zero-order valence-electron chi connectivity index (χ0n) is 13.8. The van der Waals surface area contributed by atoms with Crippen molar-refractivity contribution in [1.82, 2.24) is 5.32 Å². The smallest absolute Gasteiger partial charge is 0.339 e. The first-order valence-corrected chi connectivity index (χ1v) is 9.10. The van der Waals surface area contributed by atoms with Crippen molar-refractivity contribution in [1.29, 1.82) is 0 Å². The van der Waals surface area contributed by atoms with Crippen LogP contribution in [-0.4, -0.2) is 20.7 Å². The van der Waals surface area contributed by atoms with Gasteiger partial charge < -0.3 is 4.18 Å². The molecule has 0 saturated heterocycles. The predicted molar refractivity (Wildman–Crippen MR) is 96.5 cm³/mol. The van der Waals surface area contributed by atoms with Gasteiger partial charge in [-0.1, -0.05) is 42.0 Å². The fraction of sp³-hybridized carbons (Fsp3) is 0.0526. The Hall–Kier alpha value is -3.19. The van der Waals surface area contributed by atoms with Gasteiger partial charge in [0.15, 0.2) is 5.75 Å². The number of nitrogens with one attached hydrogen (secondary N) is 1. The van der Waals surface area contributed by atoms with E-state index in [0.717, 1.165) is 5.56 Å². The highest BCUT2D eigenvalue weighted by atomic mass is 32.2. The van der Waals surface area contributed by atoms with Crippen LogP contribution in [0.25, 0.3) is 10.8 Å². The highest BCUT2D eigenvalue weighted by molar-refractivity contribution is 7.87. The van der Waals surface area contributed by atoms with E-state index >= 15 is 0 Å². The molecule has 0 radical (unpaired) electrons. The summed E-state index contributed by atoms with van der Waals surface area (Å²) in [6, 6.07) is 15.9. The normalized spacial score (nSPS) is 11.1. The molecule has 3 aromatic carbocycles. The van der Waals surface area contributed by atoms with E-state index in [4.69, 9.17) is 4.18 Å². The summed E-state index contributed by atoms with van der Waals surface area (Å²) >= 11 is 0. The van der Waals surface area contributed by atoms with Crippen molar-refractivity contribution in [3.05, 3.63) is 71.8 Å². The number of hydrogen-bond acceptors (Lipinski definition) is 5. The van der Waals surface area contributed by atoms with E-state index < -0.39 is 16.0 Å². The Bertz CT molecular complexity index is 1080. The molecule has 2 amide bonds. The second-order valence-corrected chi connectivity index (χ2v) is 7.15. The Morgan fingerprint density at radius 3 is 2.31 bits per heavy atom. The maximum Gasteiger partial charge on any atom is 0.339 e. The summed E-state index contributed by atoms with van der Waals surface area (Å²) in [5.74, 6) is -0.630. The fourth-order valence-corrected chi connectivity index (χ4v) is 3.51. The lowest BCUT2D eigenvalue weighted by atomic mass is 10.0. The molecular weight excluding hydrogens is 354 g/mol. The Morgan fingerprint density at radius 1 is 1.00 bits per heavy atom. The highest BCUT2D eigenvalue weighted by Crippen LogP contribution is 2.31. The summed E-state index contributed by atoms with van der Waals surface area (Å²) in [4.78, 5) is 22.7. The maximum atomic E-state index is 12.6. The van der Waals surface area contributed by atoms with E-state index in [-0.39, 0.29) is 22.6 Å². The molecular formula is C19H15NO5S. The van der Waals surface area contributed by atoms with Crippen molar-refractivity contribution in [3.8, 4) is 5.75 Å². The molecule has 0 heterocycles. The zero-order chi connectivity index (χ0) is 18.7. The Balaban J connectivity index is 2.12. The lowest BCUT2D eigenvalue weighted by molar-refractivity contribution is -0.108. The molecule has 0 bridgehead atoms. The zero-order valence-corrected chi connectivity index (χ0v) is 14.6. The van der Waals surface area contributed by atoms with Crippen LogP contribution >= 0.6 is 0 Å². The van der Waals surface area contributed by atoms with Crippen molar-refractivity contribution in [3.63, 3.8) is 0 Å². The van der Waals surface area contributed by atoms with Crippen LogP contribution in [0.4, 0.5) is 0 Å². The van der Waals surface area contributed by atoms with Gasteiger partial charge in [0.2, 0.25) is 6.41 Å². The molecule has 0 aromatic heterocycles. The van der Waals surface area contributed by atoms with Crippen LogP contribution in [0.3, 0.4) is 0 Å². The number of imide groups is 1. The molecule has 0 aliphatic rings. The van der Waals surface area contributed by atoms with E-state index in [1.807, 2.05) is 6.92 Å². The molecule has 0 aliphatic carbocycles. The van der Waals surface area contributed by atoms with Crippen LogP contribution in [0, 0.1) is 6.92 Å². The van der Waals surface area contributed by atoms with Gasteiger partial charge in [0.05, 0.1) is 5.56 Å². The Morgan fingerprint density at radius 2 is 1.65 bits per heavy atom. The standard InChI is InChI=1S/C19H15NO5S/c1-13-8-10-15(11-9-13)26(23,24)25-17-7-3-5-14-4-2-6-16(18(14)17)19(22)20-12-21/h2-12H,1H3,(H,20,21,22). The fourth-order valence-electron chi connectivity index (χ4n) is 2.57. The van der Waals surface area contributed by atoms with Gasteiger partial charge in [-0.3, -0.25) is 14.9 Å². The molecule has 0 spiro atoms. The van der Waals surface area contributed by atoms with E-state index in [1.165, 1.54) is 24.3 Å². The largest absolute Gasteiger partial charge is 0.378 e. The van der Waals surface area contributed by atoms with Gasteiger partial charge in [-0.15, -0.1) is 0 Å². The third-order valence-corrected chi connectivity index (χ3v) is 5.06. The van der Waals surface area contributed by atoms with Gasteiger partial charge >= 0.3 is 10.1 Å². The van der Waals surface area contributed by atoms with E-state index in [0.29, 0.717) is 10.8 Å². The summed E-state index contributed by atoms with van der Waals surface area (Å²) in [5, 5.41) is 2.98. The molecule has 7 heteroatoms. The molecule has 132 valence electrons. The van der Waals surface area contributed by atoms with Crippen LogP contribution < -0.4 is 9.50 Å². The SMILES string of the molecule is Cc1ccc(S(=O)(=O)Oc2cccc3cccc(C(=O)NC=O)c23)cc1. The van der Waals surface area contributed by atoms with Crippen molar-refractivity contribution >= 4 is 33.2 Å². The summed E-state index contributed by atoms with van der Waals surface area (Å²) in [6.45, 7) is 1.85. The second kappa shape index (κ2) is 6.97. The Kier molecular flexibility index (Phi) is 4.73. The third-order valence-electron chi connectivity index (χ3n) is 3.81. The number of carbonyl (C=O) groups excluding carboxylic acids is 2.